The molecule has 1 atom stereocenters. The Kier molecular flexibility index (Phi) is 2.82. The summed E-state index contributed by atoms with van der Waals surface area (Å²) in [6.07, 6.45) is 2.26. The van der Waals surface area contributed by atoms with Crippen LogP contribution in [0.5, 0.6) is 5.75 Å². The third kappa shape index (κ3) is 1.92. The highest BCUT2D eigenvalue weighted by atomic mass is 16.3. The van der Waals surface area contributed by atoms with E-state index >= 15 is 0 Å². The monoisotopic (exact) mass is 207 g/mol. The molecule has 1 aliphatic heterocycles. The standard InChI is InChI=1S/C12H17NO2/c1-2-9-5-6-10(8-11(9)14)13-7-3-4-12(13)15/h5-6,8,12,14-15H,2-4,7H2,1H3. The van der Waals surface area contributed by atoms with E-state index in [-0.39, 0.29) is 0 Å². The number of aliphatic hydroxyl groups is 1. The van der Waals surface area contributed by atoms with Crippen LogP contribution >= 0.6 is 0 Å². The van der Waals surface area contributed by atoms with Gasteiger partial charge in [0.2, 0.25) is 0 Å². The van der Waals surface area contributed by atoms with Gasteiger partial charge in [-0.15, -0.1) is 0 Å². The topological polar surface area (TPSA) is 43.7 Å². The first-order valence-corrected chi connectivity index (χ1v) is 5.49. The Morgan fingerprint density at radius 2 is 2.27 bits per heavy atom. The number of rotatable bonds is 2. The number of anilines is 1. The lowest BCUT2D eigenvalue weighted by Crippen LogP contribution is -2.28. The summed E-state index contributed by atoms with van der Waals surface area (Å²) in [4.78, 5) is 1.93. The van der Waals surface area contributed by atoms with Gasteiger partial charge in [0, 0.05) is 18.3 Å². The van der Waals surface area contributed by atoms with Gasteiger partial charge in [0.15, 0.2) is 0 Å². The summed E-state index contributed by atoms with van der Waals surface area (Å²) in [5.41, 5.74) is 1.86. The van der Waals surface area contributed by atoms with Gasteiger partial charge in [0.1, 0.15) is 12.0 Å². The molecule has 0 aliphatic carbocycles. The van der Waals surface area contributed by atoms with Crippen LogP contribution in [0.1, 0.15) is 25.3 Å². The number of phenolic OH excluding ortho intramolecular Hbond substituents is 1. The van der Waals surface area contributed by atoms with Gasteiger partial charge in [-0.05, 0) is 30.9 Å². The average molecular weight is 207 g/mol. The summed E-state index contributed by atoms with van der Waals surface area (Å²) in [7, 11) is 0. The molecular formula is C12H17NO2. The summed E-state index contributed by atoms with van der Waals surface area (Å²) in [5, 5.41) is 19.4. The molecule has 0 spiro atoms. The highest BCUT2D eigenvalue weighted by Gasteiger charge is 2.22. The highest BCUT2D eigenvalue weighted by molar-refractivity contribution is 5.54. The molecule has 15 heavy (non-hydrogen) atoms. The number of aromatic hydroxyl groups is 1. The Bertz CT molecular complexity index is 351. The van der Waals surface area contributed by atoms with Gasteiger partial charge in [0.25, 0.3) is 0 Å². The van der Waals surface area contributed by atoms with E-state index in [0.717, 1.165) is 37.1 Å². The van der Waals surface area contributed by atoms with Gasteiger partial charge >= 0.3 is 0 Å². The Hall–Kier alpha value is -1.22. The minimum absolute atomic E-state index is 0.328. The van der Waals surface area contributed by atoms with E-state index in [4.69, 9.17) is 0 Å². The van der Waals surface area contributed by atoms with Crippen molar-refractivity contribution in [3.8, 4) is 5.75 Å². The number of hydrogen-bond acceptors (Lipinski definition) is 3. The number of benzene rings is 1. The lowest BCUT2D eigenvalue weighted by molar-refractivity contribution is 0.185. The first kappa shape index (κ1) is 10.3. The maximum absolute atomic E-state index is 9.73. The predicted octanol–water partition coefficient (Wildman–Crippen LogP) is 1.87. The Balaban J connectivity index is 2.25. The highest BCUT2D eigenvalue weighted by Crippen LogP contribution is 2.29. The quantitative estimate of drug-likeness (QED) is 0.778. The second kappa shape index (κ2) is 4.11. The molecule has 1 saturated heterocycles. The van der Waals surface area contributed by atoms with Crippen LogP contribution in [0.4, 0.5) is 5.69 Å². The van der Waals surface area contributed by atoms with Crippen molar-refractivity contribution in [3.63, 3.8) is 0 Å². The lowest BCUT2D eigenvalue weighted by Gasteiger charge is -2.23. The van der Waals surface area contributed by atoms with Crippen molar-refractivity contribution in [1.29, 1.82) is 0 Å². The summed E-state index contributed by atoms with van der Waals surface area (Å²) >= 11 is 0. The molecule has 2 N–H and O–H groups in total. The van der Waals surface area contributed by atoms with Crippen LogP contribution in [0.3, 0.4) is 0 Å². The van der Waals surface area contributed by atoms with Crippen LogP contribution in [-0.2, 0) is 6.42 Å². The molecule has 1 aliphatic rings. The van der Waals surface area contributed by atoms with E-state index in [2.05, 4.69) is 0 Å². The van der Waals surface area contributed by atoms with Crippen LogP contribution < -0.4 is 4.90 Å². The number of phenols is 1. The molecule has 1 unspecified atom stereocenters. The van der Waals surface area contributed by atoms with Crippen molar-refractivity contribution >= 4 is 5.69 Å². The van der Waals surface area contributed by atoms with E-state index < -0.39 is 6.23 Å². The van der Waals surface area contributed by atoms with Crippen molar-refractivity contribution in [3.05, 3.63) is 23.8 Å². The van der Waals surface area contributed by atoms with Crippen molar-refractivity contribution in [1.82, 2.24) is 0 Å². The van der Waals surface area contributed by atoms with E-state index in [9.17, 15) is 10.2 Å². The minimum Gasteiger partial charge on any atom is -0.508 e. The second-order valence-electron chi connectivity index (χ2n) is 3.98. The smallest absolute Gasteiger partial charge is 0.126 e. The van der Waals surface area contributed by atoms with Crippen LogP contribution in [0, 0.1) is 0 Å². The van der Waals surface area contributed by atoms with Crippen LogP contribution in [-0.4, -0.2) is 23.0 Å². The van der Waals surface area contributed by atoms with E-state index in [1.807, 2.05) is 24.0 Å². The number of nitrogens with zero attached hydrogens (tertiary/aromatic N) is 1. The van der Waals surface area contributed by atoms with Gasteiger partial charge in [0.05, 0.1) is 0 Å². The second-order valence-corrected chi connectivity index (χ2v) is 3.98. The van der Waals surface area contributed by atoms with Crippen molar-refractivity contribution in [2.24, 2.45) is 0 Å². The molecule has 1 fully saturated rings. The summed E-state index contributed by atoms with van der Waals surface area (Å²) in [6.45, 7) is 2.88. The molecule has 1 heterocycles. The molecule has 0 aromatic heterocycles. The molecule has 0 saturated carbocycles. The third-order valence-electron chi connectivity index (χ3n) is 3.00. The molecule has 3 nitrogen and oxygen atoms in total. The fourth-order valence-electron chi connectivity index (χ4n) is 2.08. The lowest BCUT2D eigenvalue weighted by atomic mass is 10.1. The Labute approximate surface area is 90.0 Å². The summed E-state index contributed by atoms with van der Waals surface area (Å²) in [5.74, 6) is 0.328. The molecule has 0 bridgehead atoms. The van der Waals surface area contributed by atoms with E-state index in [1.54, 1.807) is 6.07 Å². The molecule has 2 rings (SSSR count). The SMILES string of the molecule is CCc1ccc(N2CCCC2O)cc1O. The van der Waals surface area contributed by atoms with Crippen LogP contribution in [0.25, 0.3) is 0 Å². The average Bonchev–Trinajstić information content (AvgIpc) is 2.64. The molecular weight excluding hydrogens is 190 g/mol. The third-order valence-corrected chi connectivity index (χ3v) is 3.00. The molecule has 3 heteroatoms. The first-order chi connectivity index (χ1) is 7.22. The normalized spacial score (nSPS) is 20.9. The number of aliphatic hydroxyl groups excluding tert-OH is 1. The maximum Gasteiger partial charge on any atom is 0.126 e. The van der Waals surface area contributed by atoms with E-state index in [0.29, 0.717) is 5.75 Å². The van der Waals surface area contributed by atoms with Crippen molar-refractivity contribution in [2.75, 3.05) is 11.4 Å². The molecule has 0 radical (unpaired) electrons. The summed E-state index contributed by atoms with van der Waals surface area (Å²) < 4.78 is 0. The van der Waals surface area contributed by atoms with Crippen LogP contribution in [0.15, 0.2) is 18.2 Å². The van der Waals surface area contributed by atoms with Crippen LogP contribution in [0.2, 0.25) is 0 Å². The zero-order valence-corrected chi connectivity index (χ0v) is 8.98. The molecule has 1 aromatic rings. The van der Waals surface area contributed by atoms with Gasteiger partial charge in [-0.3, -0.25) is 0 Å². The Morgan fingerprint density at radius 1 is 1.47 bits per heavy atom. The molecule has 82 valence electrons. The summed E-state index contributed by atoms with van der Waals surface area (Å²) in [6, 6.07) is 5.64. The number of aryl methyl sites for hydroxylation is 1. The van der Waals surface area contributed by atoms with E-state index in [1.165, 1.54) is 0 Å². The van der Waals surface area contributed by atoms with Crippen molar-refractivity contribution in [2.45, 2.75) is 32.4 Å². The number of hydrogen-bond donors (Lipinski definition) is 2. The zero-order valence-electron chi connectivity index (χ0n) is 8.98. The molecule has 0 amide bonds. The predicted molar refractivity (Wildman–Crippen MR) is 60.1 cm³/mol. The largest absolute Gasteiger partial charge is 0.508 e. The minimum atomic E-state index is -0.392. The van der Waals surface area contributed by atoms with Gasteiger partial charge in [-0.25, -0.2) is 0 Å². The maximum atomic E-state index is 9.73. The fraction of sp³-hybridized carbons (Fsp3) is 0.500. The van der Waals surface area contributed by atoms with Gasteiger partial charge in [-0.2, -0.15) is 0 Å². The van der Waals surface area contributed by atoms with Gasteiger partial charge < -0.3 is 15.1 Å². The Morgan fingerprint density at radius 3 is 2.80 bits per heavy atom. The van der Waals surface area contributed by atoms with Crippen molar-refractivity contribution < 1.29 is 10.2 Å². The zero-order chi connectivity index (χ0) is 10.8. The first-order valence-electron chi connectivity index (χ1n) is 5.49. The fourth-order valence-corrected chi connectivity index (χ4v) is 2.08. The van der Waals surface area contributed by atoms with Gasteiger partial charge in [-0.1, -0.05) is 13.0 Å². The molecule has 1 aromatic carbocycles.